The number of ketones is 1. The molecule has 0 bridgehead atoms. The van der Waals surface area contributed by atoms with Crippen LogP contribution in [0.25, 0.3) is 0 Å². The van der Waals surface area contributed by atoms with Gasteiger partial charge in [-0.2, -0.15) is 0 Å². The van der Waals surface area contributed by atoms with Gasteiger partial charge in [0.2, 0.25) is 0 Å². The normalized spacial score (nSPS) is 16.6. The summed E-state index contributed by atoms with van der Waals surface area (Å²) in [4.78, 5) is 28.7. The first-order chi connectivity index (χ1) is 10.3. The summed E-state index contributed by atoms with van der Waals surface area (Å²) in [5.74, 6) is 0.353. The van der Waals surface area contributed by atoms with Crippen LogP contribution in [0.5, 0.6) is 0 Å². The van der Waals surface area contributed by atoms with Crippen molar-refractivity contribution < 1.29 is 9.59 Å². The van der Waals surface area contributed by atoms with E-state index in [1.54, 1.807) is 0 Å². The molecule has 22 heavy (non-hydrogen) atoms. The second kappa shape index (κ2) is 6.61. The second-order valence-electron chi connectivity index (χ2n) is 7.06. The molecule has 1 aliphatic rings. The van der Waals surface area contributed by atoms with Crippen molar-refractivity contribution in [3.05, 3.63) is 35.4 Å². The first-order valence-corrected chi connectivity index (χ1v) is 7.89. The summed E-state index contributed by atoms with van der Waals surface area (Å²) in [5, 5.41) is 0. The molecule has 1 aromatic carbocycles. The van der Waals surface area contributed by atoms with E-state index in [4.69, 9.17) is 0 Å². The lowest BCUT2D eigenvalue weighted by Crippen LogP contribution is -2.50. The molecule has 0 atom stereocenters. The number of amides is 1. The van der Waals surface area contributed by atoms with Gasteiger partial charge in [0.25, 0.3) is 5.91 Å². The lowest BCUT2D eigenvalue weighted by atomic mass is 9.90. The molecule has 1 saturated heterocycles. The van der Waals surface area contributed by atoms with Crippen LogP contribution in [-0.2, 0) is 4.79 Å². The summed E-state index contributed by atoms with van der Waals surface area (Å²) in [6, 6.07) is 7.69. The van der Waals surface area contributed by atoms with Gasteiger partial charge in [0.05, 0.1) is 6.54 Å². The molecule has 1 amide bonds. The van der Waals surface area contributed by atoms with Crippen molar-refractivity contribution in [2.24, 2.45) is 5.41 Å². The van der Waals surface area contributed by atoms with Gasteiger partial charge in [0.1, 0.15) is 0 Å². The van der Waals surface area contributed by atoms with E-state index >= 15 is 0 Å². The molecule has 4 nitrogen and oxygen atoms in total. The second-order valence-corrected chi connectivity index (χ2v) is 7.06. The Bertz CT molecular complexity index is 552. The molecule has 2 rings (SSSR count). The molecule has 4 heteroatoms. The molecule has 0 unspecified atom stereocenters. The van der Waals surface area contributed by atoms with Crippen LogP contribution < -0.4 is 0 Å². The highest BCUT2D eigenvalue weighted by Gasteiger charge is 2.27. The molecule has 1 aromatic rings. The number of carbonyl (C=O) groups is 2. The Hall–Kier alpha value is -1.68. The Morgan fingerprint density at radius 1 is 1.05 bits per heavy atom. The van der Waals surface area contributed by atoms with E-state index in [0.717, 1.165) is 24.2 Å². The predicted octanol–water partition coefficient (Wildman–Crippen LogP) is 2.37. The third-order valence-corrected chi connectivity index (χ3v) is 4.24. The maximum atomic E-state index is 12.5. The van der Waals surface area contributed by atoms with Gasteiger partial charge in [-0.1, -0.05) is 39.0 Å². The van der Waals surface area contributed by atoms with Crippen LogP contribution in [0.4, 0.5) is 0 Å². The summed E-state index contributed by atoms with van der Waals surface area (Å²) in [5.41, 5.74) is 1.49. The van der Waals surface area contributed by atoms with Gasteiger partial charge in [-0.3, -0.25) is 14.5 Å². The van der Waals surface area contributed by atoms with Crippen molar-refractivity contribution in [1.82, 2.24) is 9.80 Å². The van der Waals surface area contributed by atoms with Crippen LogP contribution in [0.15, 0.2) is 24.3 Å². The minimum absolute atomic E-state index is 0.0971. The molecular formula is C18H26N2O2. The Labute approximate surface area is 133 Å². The molecule has 0 spiro atoms. The van der Waals surface area contributed by atoms with Crippen LogP contribution in [0, 0.1) is 12.3 Å². The van der Waals surface area contributed by atoms with Crippen molar-refractivity contribution in [1.29, 1.82) is 0 Å². The minimum Gasteiger partial charge on any atom is -0.336 e. The zero-order chi connectivity index (χ0) is 16.3. The van der Waals surface area contributed by atoms with Crippen LogP contribution in [-0.4, -0.2) is 54.2 Å². The number of hydrogen-bond donors (Lipinski definition) is 0. The van der Waals surface area contributed by atoms with Crippen LogP contribution in [0.2, 0.25) is 0 Å². The average molecular weight is 302 g/mol. The molecule has 0 aromatic heterocycles. The SMILES string of the molecule is Cc1ccccc1C(=O)N1CCN(CC(=O)C(C)(C)C)CC1. The van der Waals surface area contributed by atoms with Crippen molar-refractivity contribution >= 4 is 11.7 Å². The summed E-state index contributed by atoms with van der Waals surface area (Å²) in [6.45, 7) is 11.2. The van der Waals surface area contributed by atoms with Crippen LogP contribution in [0.1, 0.15) is 36.7 Å². The third kappa shape index (κ3) is 3.95. The van der Waals surface area contributed by atoms with E-state index in [2.05, 4.69) is 4.90 Å². The van der Waals surface area contributed by atoms with E-state index in [0.29, 0.717) is 19.6 Å². The number of benzene rings is 1. The van der Waals surface area contributed by atoms with E-state index in [-0.39, 0.29) is 17.1 Å². The molecule has 0 radical (unpaired) electrons. The van der Waals surface area contributed by atoms with E-state index in [1.807, 2.05) is 56.9 Å². The predicted molar refractivity (Wildman–Crippen MR) is 88.0 cm³/mol. The molecule has 1 fully saturated rings. The molecule has 120 valence electrons. The van der Waals surface area contributed by atoms with Crippen LogP contribution in [0.3, 0.4) is 0 Å². The molecule has 0 N–H and O–H groups in total. The average Bonchev–Trinajstić information content (AvgIpc) is 2.47. The lowest BCUT2D eigenvalue weighted by Gasteiger charge is -2.35. The van der Waals surface area contributed by atoms with Crippen molar-refractivity contribution in [3.8, 4) is 0 Å². The largest absolute Gasteiger partial charge is 0.336 e. The summed E-state index contributed by atoms with van der Waals surface area (Å²) < 4.78 is 0. The minimum atomic E-state index is -0.298. The van der Waals surface area contributed by atoms with Gasteiger partial charge in [-0.25, -0.2) is 0 Å². The summed E-state index contributed by atoms with van der Waals surface area (Å²) in [6.07, 6.45) is 0. The quantitative estimate of drug-likeness (QED) is 0.860. The summed E-state index contributed by atoms with van der Waals surface area (Å²) >= 11 is 0. The molecule has 0 saturated carbocycles. The molecule has 0 aliphatic carbocycles. The van der Waals surface area contributed by atoms with Gasteiger partial charge < -0.3 is 4.90 Å². The number of nitrogens with zero attached hydrogens (tertiary/aromatic N) is 2. The van der Waals surface area contributed by atoms with Gasteiger partial charge in [0.15, 0.2) is 5.78 Å². The van der Waals surface area contributed by atoms with E-state index in [1.165, 1.54) is 0 Å². The molecule has 1 aliphatic heterocycles. The maximum absolute atomic E-state index is 12.5. The zero-order valence-corrected chi connectivity index (χ0v) is 14.1. The number of hydrogen-bond acceptors (Lipinski definition) is 3. The Morgan fingerprint density at radius 2 is 1.64 bits per heavy atom. The monoisotopic (exact) mass is 302 g/mol. The molecular weight excluding hydrogens is 276 g/mol. The van der Waals surface area contributed by atoms with Crippen molar-refractivity contribution in [2.45, 2.75) is 27.7 Å². The van der Waals surface area contributed by atoms with E-state index < -0.39 is 0 Å². The number of aryl methyl sites for hydroxylation is 1. The maximum Gasteiger partial charge on any atom is 0.254 e. The highest BCUT2D eigenvalue weighted by atomic mass is 16.2. The van der Waals surface area contributed by atoms with Gasteiger partial charge in [-0.15, -0.1) is 0 Å². The van der Waals surface area contributed by atoms with Crippen LogP contribution >= 0.6 is 0 Å². The smallest absolute Gasteiger partial charge is 0.254 e. The Kier molecular flexibility index (Phi) is 5.01. The van der Waals surface area contributed by atoms with Crippen molar-refractivity contribution in [3.63, 3.8) is 0 Å². The first-order valence-electron chi connectivity index (χ1n) is 7.89. The number of carbonyl (C=O) groups excluding carboxylic acids is 2. The third-order valence-electron chi connectivity index (χ3n) is 4.24. The zero-order valence-electron chi connectivity index (χ0n) is 14.1. The van der Waals surface area contributed by atoms with Crippen molar-refractivity contribution in [2.75, 3.05) is 32.7 Å². The Balaban J connectivity index is 1.91. The lowest BCUT2D eigenvalue weighted by molar-refractivity contribution is -0.127. The fourth-order valence-electron chi connectivity index (χ4n) is 2.53. The first kappa shape index (κ1) is 16.7. The number of rotatable bonds is 3. The van der Waals surface area contributed by atoms with Gasteiger partial charge in [0, 0.05) is 37.2 Å². The topological polar surface area (TPSA) is 40.6 Å². The number of piperazine rings is 1. The standard InChI is InChI=1S/C18H26N2O2/c1-14-7-5-6-8-15(14)17(22)20-11-9-19(10-12-20)13-16(21)18(2,3)4/h5-8H,9-13H2,1-4H3. The fourth-order valence-corrected chi connectivity index (χ4v) is 2.53. The number of Topliss-reactive ketones (excluding diaryl/α,β-unsaturated/α-hetero) is 1. The molecule has 1 heterocycles. The van der Waals surface area contributed by atoms with Gasteiger partial charge in [-0.05, 0) is 18.6 Å². The fraction of sp³-hybridized carbons (Fsp3) is 0.556. The summed E-state index contributed by atoms with van der Waals surface area (Å²) in [7, 11) is 0. The van der Waals surface area contributed by atoms with E-state index in [9.17, 15) is 9.59 Å². The van der Waals surface area contributed by atoms with Gasteiger partial charge >= 0.3 is 0 Å². The highest BCUT2D eigenvalue weighted by molar-refractivity contribution is 5.95. The Morgan fingerprint density at radius 3 is 2.18 bits per heavy atom. The highest BCUT2D eigenvalue weighted by Crippen LogP contribution is 2.17.